The third-order valence-electron chi connectivity index (χ3n) is 4.33. The van der Waals surface area contributed by atoms with Crippen LogP contribution in [0.25, 0.3) is 0 Å². The third kappa shape index (κ3) is 5.13. The highest BCUT2D eigenvalue weighted by Gasteiger charge is 2.15. The minimum Gasteiger partial charge on any atom is -0.314 e. The molecule has 0 saturated carbocycles. The van der Waals surface area contributed by atoms with Crippen LogP contribution in [-0.2, 0) is 11.3 Å². The van der Waals surface area contributed by atoms with Gasteiger partial charge in [0.15, 0.2) is 0 Å². The van der Waals surface area contributed by atoms with Gasteiger partial charge in [-0.05, 0) is 36.2 Å². The first kappa shape index (κ1) is 19.6. The van der Waals surface area contributed by atoms with Crippen molar-refractivity contribution in [3.05, 3.63) is 69.8 Å². The number of amides is 1. The summed E-state index contributed by atoms with van der Waals surface area (Å²) in [6.45, 7) is 5.26. The van der Waals surface area contributed by atoms with Crippen LogP contribution in [0.15, 0.2) is 48.5 Å². The number of carbonyl (C=O) groups is 1. The zero-order chi connectivity index (χ0) is 19.3. The minimum absolute atomic E-state index is 0.0107. The van der Waals surface area contributed by atoms with Gasteiger partial charge in [-0.1, -0.05) is 38.1 Å². The Bertz CT molecular complexity index is 755. The van der Waals surface area contributed by atoms with E-state index in [1.165, 1.54) is 22.6 Å². The Morgan fingerprint density at radius 2 is 1.62 bits per heavy atom. The lowest BCUT2D eigenvalue weighted by Gasteiger charge is -2.22. The van der Waals surface area contributed by atoms with Crippen molar-refractivity contribution < 1.29 is 9.72 Å². The van der Waals surface area contributed by atoms with Crippen LogP contribution in [-0.4, -0.2) is 36.4 Å². The standard InChI is InChI=1S/C20H25N3O3/c1-15(2)17-7-5-16(6-8-17)13-21(3)14-20(24)22(4)18-9-11-19(12-10-18)23(25)26/h5-12,15H,13-14H2,1-4H3. The summed E-state index contributed by atoms with van der Waals surface area (Å²) in [5, 5.41) is 10.7. The summed E-state index contributed by atoms with van der Waals surface area (Å²) >= 11 is 0. The Morgan fingerprint density at radius 3 is 2.12 bits per heavy atom. The van der Waals surface area contributed by atoms with Crippen molar-refractivity contribution in [1.82, 2.24) is 4.90 Å². The summed E-state index contributed by atoms with van der Waals surface area (Å²) in [6.07, 6.45) is 0. The van der Waals surface area contributed by atoms with E-state index in [0.717, 1.165) is 5.56 Å². The molecule has 0 aliphatic carbocycles. The van der Waals surface area contributed by atoms with Gasteiger partial charge in [0.2, 0.25) is 5.91 Å². The van der Waals surface area contributed by atoms with Crippen molar-refractivity contribution in [2.24, 2.45) is 0 Å². The second-order valence-electron chi connectivity index (χ2n) is 6.79. The lowest BCUT2D eigenvalue weighted by molar-refractivity contribution is -0.384. The summed E-state index contributed by atoms with van der Waals surface area (Å²) < 4.78 is 0. The lowest BCUT2D eigenvalue weighted by Crippen LogP contribution is -2.36. The molecule has 0 aliphatic heterocycles. The van der Waals surface area contributed by atoms with E-state index in [1.807, 2.05) is 11.9 Å². The molecule has 138 valence electrons. The van der Waals surface area contributed by atoms with Crippen molar-refractivity contribution >= 4 is 17.3 Å². The van der Waals surface area contributed by atoms with Crippen LogP contribution in [0.2, 0.25) is 0 Å². The van der Waals surface area contributed by atoms with Crippen LogP contribution < -0.4 is 4.90 Å². The molecular weight excluding hydrogens is 330 g/mol. The van der Waals surface area contributed by atoms with Gasteiger partial charge in [0.1, 0.15) is 0 Å². The molecule has 0 fully saturated rings. The Kier molecular flexibility index (Phi) is 6.46. The van der Waals surface area contributed by atoms with E-state index in [2.05, 4.69) is 38.1 Å². The van der Waals surface area contributed by atoms with Gasteiger partial charge in [-0.15, -0.1) is 0 Å². The van der Waals surface area contributed by atoms with Gasteiger partial charge in [0.05, 0.1) is 11.5 Å². The number of likely N-dealkylation sites (N-methyl/N-ethyl adjacent to an activating group) is 2. The number of non-ortho nitro benzene ring substituents is 1. The van der Waals surface area contributed by atoms with E-state index in [-0.39, 0.29) is 18.1 Å². The van der Waals surface area contributed by atoms with Crippen LogP contribution in [0.4, 0.5) is 11.4 Å². The van der Waals surface area contributed by atoms with Gasteiger partial charge >= 0.3 is 0 Å². The van der Waals surface area contributed by atoms with E-state index in [1.54, 1.807) is 19.2 Å². The molecule has 2 rings (SSSR count). The van der Waals surface area contributed by atoms with E-state index in [0.29, 0.717) is 18.2 Å². The number of hydrogen-bond acceptors (Lipinski definition) is 4. The molecule has 0 radical (unpaired) electrons. The molecule has 0 spiro atoms. The second-order valence-corrected chi connectivity index (χ2v) is 6.79. The van der Waals surface area contributed by atoms with Crippen LogP contribution in [0.3, 0.4) is 0 Å². The summed E-state index contributed by atoms with van der Waals surface area (Å²) in [7, 11) is 3.58. The van der Waals surface area contributed by atoms with Gasteiger partial charge in [0.25, 0.3) is 5.69 Å². The van der Waals surface area contributed by atoms with Crippen molar-refractivity contribution in [1.29, 1.82) is 0 Å². The van der Waals surface area contributed by atoms with Crippen molar-refractivity contribution in [3.8, 4) is 0 Å². The highest BCUT2D eigenvalue weighted by molar-refractivity contribution is 5.94. The van der Waals surface area contributed by atoms with Crippen LogP contribution in [0, 0.1) is 10.1 Å². The van der Waals surface area contributed by atoms with Gasteiger partial charge in [-0.3, -0.25) is 19.8 Å². The smallest absolute Gasteiger partial charge is 0.269 e. The number of rotatable bonds is 7. The van der Waals surface area contributed by atoms with Gasteiger partial charge in [-0.25, -0.2) is 0 Å². The zero-order valence-electron chi connectivity index (χ0n) is 15.7. The lowest BCUT2D eigenvalue weighted by atomic mass is 10.0. The molecule has 0 unspecified atom stereocenters. The number of benzene rings is 2. The first-order valence-corrected chi connectivity index (χ1v) is 8.56. The predicted octanol–water partition coefficient (Wildman–Crippen LogP) is 3.81. The number of hydrogen-bond donors (Lipinski definition) is 0. The topological polar surface area (TPSA) is 66.7 Å². The Balaban J connectivity index is 1.93. The number of carbonyl (C=O) groups excluding carboxylic acids is 1. The average molecular weight is 355 g/mol. The molecule has 0 atom stereocenters. The Hall–Kier alpha value is -2.73. The fourth-order valence-electron chi connectivity index (χ4n) is 2.65. The molecule has 0 N–H and O–H groups in total. The molecule has 6 heteroatoms. The highest BCUT2D eigenvalue weighted by atomic mass is 16.6. The largest absolute Gasteiger partial charge is 0.314 e. The van der Waals surface area contributed by atoms with E-state index in [4.69, 9.17) is 0 Å². The fourth-order valence-corrected chi connectivity index (χ4v) is 2.65. The van der Waals surface area contributed by atoms with Crippen molar-refractivity contribution in [2.75, 3.05) is 25.5 Å². The van der Waals surface area contributed by atoms with Gasteiger partial charge in [0, 0.05) is 31.4 Å². The van der Waals surface area contributed by atoms with Crippen LogP contribution >= 0.6 is 0 Å². The van der Waals surface area contributed by atoms with Gasteiger partial charge < -0.3 is 4.90 Å². The molecule has 0 heterocycles. The summed E-state index contributed by atoms with van der Waals surface area (Å²) in [5.74, 6) is 0.429. The maximum Gasteiger partial charge on any atom is 0.269 e. The summed E-state index contributed by atoms with van der Waals surface area (Å²) in [6, 6.07) is 14.4. The number of anilines is 1. The predicted molar refractivity (Wildman–Crippen MR) is 103 cm³/mol. The molecule has 0 bridgehead atoms. The molecule has 1 amide bonds. The first-order valence-electron chi connectivity index (χ1n) is 8.56. The first-order chi connectivity index (χ1) is 12.3. The quantitative estimate of drug-likeness (QED) is 0.559. The van der Waals surface area contributed by atoms with Crippen molar-refractivity contribution in [2.45, 2.75) is 26.3 Å². The second kappa shape index (κ2) is 8.58. The third-order valence-corrected chi connectivity index (χ3v) is 4.33. The maximum absolute atomic E-state index is 12.5. The van der Waals surface area contributed by atoms with E-state index in [9.17, 15) is 14.9 Å². The Morgan fingerprint density at radius 1 is 1.04 bits per heavy atom. The zero-order valence-corrected chi connectivity index (χ0v) is 15.7. The molecule has 2 aromatic rings. The molecule has 0 aromatic heterocycles. The minimum atomic E-state index is -0.454. The number of nitro benzene ring substituents is 1. The molecule has 6 nitrogen and oxygen atoms in total. The number of nitro groups is 1. The van der Waals surface area contributed by atoms with Gasteiger partial charge in [-0.2, -0.15) is 0 Å². The summed E-state index contributed by atoms with van der Waals surface area (Å²) in [5.41, 5.74) is 3.10. The van der Waals surface area contributed by atoms with Crippen molar-refractivity contribution in [3.63, 3.8) is 0 Å². The van der Waals surface area contributed by atoms with E-state index < -0.39 is 4.92 Å². The maximum atomic E-state index is 12.5. The molecule has 0 saturated heterocycles. The monoisotopic (exact) mass is 355 g/mol. The molecular formula is C20H25N3O3. The number of nitrogens with zero attached hydrogens (tertiary/aromatic N) is 3. The average Bonchev–Trinajstić information content (AvgIpc) is 2.61. The molecule has 2 aromatic carbocycles. The highest BCUT2D eigenvalue weighted by Crippen LogP contribution is 2.19. The normalized spacial score (nSPS) is 11.0. The molecule has 26 heavy (non-hydrogen) atoms. The summed E-state index contributed by atoms with van der Waals surface area (Å²) in [4.78, 5) is 26.2. The van der Waals surface area contributed by atoms with Crippen LogP contribution in [0.5, 0.6) is 0 Å². The van der Waals surface area contributed by atoms with Crippen LogP contribution in [0.1, 0.15) is 30.9 Å². The fraction of sp³-hybridized carbons (Fsp3) is 0.350. The van der Waals surface area contributed by atoms with E-state index >= 15 is 0 Å². The Labute approximate surface area is 154 Å². The molecule has 0 aliphatic rings. The SMILES string of the molecule is CC(C)c1ccc(CN(C)CC(=O)N(C)c2ccc([N+](=O)[O-])cc2)cc1.